The summed E-state index contributed by atoms with van der Waals surface area (Å²) >= 11 is 0. The van der Waals surface area contributed by atoms with E-state index in [-0.39, 0.29) is 17.3 Å². The maximum absolute atomic E-state index is 12.6. The van der Waals surface area contributed by atoms with Gasteiger partial charge in [-0.15, -0.1) is 0 Å². The maximum Gasteiger partial charge on any atom is 0.251 e. The second-order valence-corrected chi connectivity index (χ2v) is 8.81. The van der Waals surface area contributed by atoms with Gasteiger partial charge in [0, 0.05) is 31.3 Å². The zero-order valence-electron chi connectivity index (χ0n) is 16.9. The molecular formula is C23H24N2O4S. The molecule has 0 bridgehead atoms. The van der Waals surface area contributed by atoms with Gasteiger partial charge < -0.3 is 10.1 Å². The van der Waals surface area contributed by atoms with E-state index in [4.69, 9.17) is 4.74 Å². The van der Waals surface area contributed by atoms with E-state index >= 15 is 0 Å². The molecule has 156 valence electrons. The van der Waals surface area contributed by atoms with Gasteiger partial charge in [0.2, 0.25) is 10.0 Å². The second kappa shape index (κ2) is 9.56. The number of benzene rings is 3. The van der Waals surface area contributed by atoms with E-state index in [1.165, 1.54) is 11.4 Å². The Morgan fingerprint density at radius 1 is 0.933 bits per heavy atom. The van der Waals surface area contributed by atoms with Gasteiger partial charge in [0.1, 0.15) is 5.75 Å². The molecular weight excluding hydrogens is 400 g/mol. The number of para-hydroxylation sites is 1. The predicted molar refractivity (Wildman–Crippen MR) is 116 cm³/mol. The largest absolute Gasteiger partial charge is 0.496 e. The number of hydrogen-bond donors (Lipinski definition) is 1. The third-order valence-electron chi connectivity index (χ3n) is 4.70. The summed E-state index contributed by atoms with van der Waals surface area (Å²) in [5.74, 6) is 0.508. The van der Waals surface area contributed by atoms with Gasteiger partial charge in [0.05, 0.1) is 12.0 Å². The molecule has 1 amide bonds. The van der Waals surface area contributed by atoms with Crippen LogP contribution in [0.25, 0.3) is 0 Å². The lowest BCUT2D eigenvalue weighted by Gasteiger charge is -2.17. The number of carbonyl (C=O) groups excluding carboxylic acids is 1. The third kappa shape index (κ3) is 5.06. The maximum atomic E-state index is 12.6. The summed E-state index contributed by atoms with van der Waals surface area (Å²) in [6, 6.07) is 22.7. The molecule has 7 heteroatoms. The van der Waals surface area contributed by atoms with Crippen LogP contribution in [-0.4, -0.2) is 32.8 Å². The molecule has 3 rings (SSSR count). The van der Waals surface area contributed by atoms with E-state index in [9.17, 15) is 13.2 Å². The van der Waals surface area contributed by atoms with Gasteiger partial charge in [-0.05, 0) is 35.9 Å². The van der Waals surface area contributed by atoms with Crippen LogP contribution in [-0.2, 0) is 23.1 Å². The zero-order valence-corrected chi connectivity index (χ0v) is 17.7. The zero-order chi connectivity index (χ0) is 21.6. The number of methoxy groups -OCH3 is 1. The van der Waals surface area contributed by atoms with Crippen molar-refractivity contribution in [2.75, 3.05) is 14.2 Å². The fourth-order valence-electron chi connectivity index (χ4n) is 3.00. The van der Waals surface area contributed by atoms with E-state index in [1.54, 1.807) is 61.7 Å². The normalized spacial score (nSPS) is 11.3. The first kappa shape index (κ1) is 21.5. The molecule has 0 atom stereocenters. The molecule has 0 aliphatic carbocycles. The summed E-state index contributed by atoms with van der Waals surface area (Å²) in [4.78, 5) is 12.7. The first-order chi connectivity index (χ1) is 14.4. The molecule has 0 unspecified atom stereocenters. The Labute approximate surface area is 177 Å². The highest BCUT2D eigenvalue weighted by molar-refractivity contribution is 7.89. The SMILES string of the molecule is COc1ccccc1CNC(=O)c1ccc(CN(C)S(=O)(=O)c2ccccc2)cc1. The van der Waals surface area contributed by atoms with Crippen LogP contribution >= 0.6 is 0 Å². The molecule has 0 aliphatic rings. The van der Waals surface area contributed by atoms with Gasteiger partial charge in [-0.2, -0.15) is 4.31 Å². The van der Waals surface area contributed by atoms with Crippen molar-refractivity contribution in [2.24, 2.45) is 0 Å². The van der Waals surface area contributed by atoms with Crippen molar-refractivity contribution < 1.29 is 17.9 Å². The molecule has 3 aromatic rings. The minimum absolute atomic E-state index is 0.209. The quantitative estimate of drug-likeness (QED) is 0.601. The van der Waals surface area contributed by atoms with Crippen molar-refractivity contribution in [3.05, 3.63) is 95.6 Å². The van der Waals surface area contributed by atoms with Gasteiger partial charge in [-0.25, -0.2) is 8.42 Å². The molecule has 1 N–H and O–H groups in total. The van der Waals surface area contributed by atoms with Gasteiger partial charge in [-0.1, -0.05) is 48.5 Å². The second-order valence-electron chi connectivity index (χ2n) is 6.77. The molecule has 0 aromatic heterocycles. The fraction of sp³-hybridized carbons (Fsp3) is 0.174. The smallest absolute Gasteiger partial charge is 0.251 e. The van der Waals surface area contributed by atoms with Crippen LogP contribution in [0.15, 0.2) is 83.8 Å². The van der Waals surface area contributed by atoms with Crippen LogP contribution in [0, 0.1) is 0 Å². The Bertz CT molecular complexity index is 1100. The number of hydrogen-bond acceptors (Lipinski definition) is 4. The minimum atomic E-state index is -3.57. The average Bonchev–Trinajstić information content (AvgIpc) is 2.78. The highest BCUT2D eigenvalue weighted by Crippen LogP contribution is 2.18. The van der Waals surface area contributed by atoms with Crippen molar-refractivity contribution in [3.8, 4) is 5.75 Å². The van der Waals surface area contributed by atoms with E-state index in [0.29, 0.717) is 12.1 Å². The first-order valence-electron chi connectivity index (χ1n) is 9.42. The molecule has 0 radical (unpaired) electrons. The average molecular weight is 425 g/mol. The molecule has 30 heavy (non-hydrogen) atoms. The predicted octanol–water partition coefficient (Wildman–Crippen LogP) is 3.45. The van der Waals surface area contributed by atoms with Crippen molar-refractivity contribution in [1.29, 1.82) is 0 Å². The van der Waals surface area contributed by atoms with Crippen LogP contribution in [0.5, 0.6) is 5.75 Å². The lowest BCUT2D eigenvalue weighted by molar-refractivity contribution is 0.0950. The minimum Gasteiger partial charge on any atom is -0.496 e. The van der Waals surface area contributed by atoms with Crippen LogP contribution in [0.2, 0.25) is 0 Å². The van der Waals surface area contributed by atoms with Crippen molar-refractivity contribution in [2.45, 2.75) is 18.0 Å². The molecule has 3 aromatic carbocycles. The first-order valence-corrected chi connectivity index (χ1v) is 10.9. The van der Waals surface area contributed by atoms with Crippen LogP contribution in [0.4, 0.5) is 0 Å². The standard InChI is InChI=1S/C23H24N2O4S/c1-25(30(27,28)21-9-4-3-5-10-21)17-18-12-14-19(15-13-18)23(26)24-16-20-8-6-7-11-22(20)29-2/h3-15H,16-17H2,1-2H3,(H,24,26). The Balaban J connectivity index is 1.62. The molecule has 0 saturated carbocycles. The lowest BCUT2D eigenvalue weighted by Crippen LogP contribution is -2.26. The molecule has 6 nitrogen and oxygen atoms in total. The van der Waals surface area contributed by atoms with Crippen LogP contribution in [0.3, 0.4) is 0 Å². The highest BCUT2D eigenvalue weighted by Gasteiger charge is 2.20. The highest BCUT2D eigenvalue weighted by atomic mass is 32.2. The molecule has 0 saturated heterocycles. The molecule has 0 aliphatic heterocycles. The summed E-state index contributed by atoms with van der Waals surface area (Å²) in [5.41, 5.74) is 2.18. The lowest BCUT2D eigenvalue weighted by atomic mass is 10.1. The van der Waals surface area contributed by atoms with Crippen molar-refractivity contribution in [3.63, 3.8) is 0 Å². The Morgan fingerprint density at radius 3 is 2.23 bits per heavy atom. The summed E-state index contributed by atoms with van der Waals surface area (Å²) in [6.07, 6.45) is 0. The Morgan fingerprint density at radius 2 is 1.57 bits per heavy atom. The Hall–Kier alpha value is -3.16. The number of amides is 1. The fourth-order valence-corrected chi connectivity index (χ4v) is 4.18. The van der Waals surface area contributed by atoms with Crippen molar-refractivity contribution in [1.82, 2.24) is 9.62 Å². The summed E-state index contributed by atoms with van der Waals surface area (Å²) < 4.78 is 31.9. The number of nitrogens with zero attached hydrogens (tertiary/aromatic N) is 1. The molecule has 0 heterocycles. The van der Waals surface area contributed by atoms with Crippen molar-refractivity contribution >= 4 is 15.9 Å². The van der Waals surface area contributed by atoms with E-state index in [2.05, 4.69) is 5.32 Å². The third-order valence-corrected chi connectivity index (χ3v) is 6.52. The number of carbonyl (C=O) groups is 1. The number of ether oxygens (including phenoxy) is 1. The summed E-state index contributed by atoms with van der Waals surface area (Å²) in [6.45, 7) is 0.559. The monoisotopic (exact) mass is 424 g/mol. The van der Waals surface area contributed by atoms with E-state index < -0.39 is 10.0 Å². The van der Waals surface area contributed by atoms with Gasteiger partial charge >= 0.3 is 0 Å². The van der Waals surface area contributed by atoms with Crippen LogP contribution < -0.4 is 10.1 Å². The Kier molecular flexibility index (Phi) is 6.87. The summed E-state index contributed by atoms with van der Waals surface area (Å²) in [7, 11) is -0.438. The summed E-state index contributed by atoms with van der Waals surface area (Å²) in [5, 5.41) is 2.87. The van der Waals surface area contributed by atoms with E-state index in [1.807, 2.05) is 24.3 Å². The molecule has 0 fully saturated rings. The topological polar surface area (TPSA) is 75.7 Å². The van der Waals surface area contributed by atoms with Gasteiger partial charge in [0.25, 0.3) is 5.91 Å². The number of nitrogens with one attached hydrogen (secondary N) is 1. The van der Waals surface area contributed by atoms with Gasteiger partial charge in [-0.3, -0.25) is 4.79 Å². The van der Waals surface area contributed by atoms with E-state index in [0.717, 1.165) is 16.9 Å². The van der Waals surface area contributed by atoms with Crippen LogP contribution in [0.1, 0.15) is 21.5 Å². The number of sulfonamides is 1. The van der Waals surface area contributed by atoms with Gasteiger partial charge in [0.15, 0.2) is 0 Å². The molecule has 0 spiro atoms. The number of rotatable bonds is 8.